The number of benzene rings is 1. The first-order valence-corrected chi connectivity index (χ1v) is 7.46. The van der Waals surface area contributed by atoms with Gasteiger partial charge in [0.05, 0.1) is 6.54 Å². The number of hydrogen-bond acceptors (Lipinski definition) is 2. The van der Waals surface area contributed by atoms with E-state index in [0.717, 1.165) is 42.5 Å². The molecule has 0 spiro atoms. The van der Waals surface area contributed by atoms with Crippen LogP contribution in [0.4, 0.5) is 4.79 Å². The third-order valence-electron chi connectivity index (χ3n) is 4.18. The fourth-order valence-electron chi connectivity index (χ4n) is 2.83. The van der Waals surface area contributed by atoms with E-state index in [1.165, 1.54) is 0 Å². The molecule has 0 bridgehead atoms. The summed E-state index contributed by atoms with van der Waals surface area (Å²) in [6.45, 7) is 2.19. The third kappa shape index (κ3) is 3.19. The Morgan fingerprint density at radius 1 is 1.33 bits per heavy atom. The van der Waals surface area contributed by atoms with Gasteiger partial charge >= 0.3 is 6.03 Å². The number of carbonyl (C=O) groups excluding carboxylic acids is 1. The standard InChI is InChI=1S/C16H21N3O2/c20-11-12-5-7-19(8-6-12)16(21)17-10-14-9-13-3-1-2-4-15(13)18-14/h1-4,9,12,18,20H,5-8,10-11H2,(H,17,21). The highest BCUT2D eigenvalue weighted by atomic mass is 16.3. The monoisotopic (exact) mass is 287 g/mol. The minimum atomic E-state index is -0.0231. The number of urea groups is 1. The Morgan fingerprint density at radius 2 is 2.10 bits per heavy atom. The molecule has 1 aliphatic rings. The van der Waals surface area contributed by atoms with Crippen LogP contribution in [0, 0.1) is 5.92 Å². The van der Waals surface area contributed by atoms with E-state index in [1.807, 2.05) is 23.1 Å². The van der Waals surface area contributed by atoms with Crippen molar-refractivity contribution in [3.8, 4) is 0 Å². The highest BCUT2D eigenvalue weighted by Crippen LogP contribution is 2.17. The SMILES string of the molecule is O=C(NCc1cc2ccccc2[nH]1)N1CCC(CO)CC1. The fraction of sp³-hybridized carbons (Fsp3) is 0.438. The van der Waals surface area contributed by atoms with Gasteiger partial charge in [-0.2, -0.15) is 0 Å². The van der Waals surface area contributed by atoms with Crippen LogP contribution in [0.1, 0.15) is 18.5 Å². The largest absolute Gasteiger partial charge is 0.396 e. The molecule has 1 aliphatic heterocycles. The molecular formula is C16H21N3O2. The van der Waals surface area contributed by atoms with E-state index in [9.17, 15) is 4.79 Å². The van der Waals surface area contributed by atoms with Gasteiger partial charge in [0, 0.05) is 30.9 Å². The summed E-state index contributed by atoms with van der Waals surface area (Å²) < 4.78 is 0. The number of nitrogens with zero attached hydrogens (tertiary/aromatic N) is 1. The Morgan fingerprint density at radius 3 is 2.81 bits per heavy atom. The summed E-state index contributed by atoms with van der Waals surface area (Å²) >= 11 is 0. The number of piperidine rings is 1. The lowest BCUT2D eigenvalue weighted by Crippen LogP contribution is -2.44. The zero-order chi connectivity index (χ0) is 14.7. The summed E-state index contributed by atoms with van der Waals surface area (Å²) in [6, 6.07) is 10.1. The third-order valence-corrected chi connectivity index (χ3v) is 4.18. The predicted molar refractivity (Wildman–Crippen MR) is 81.9 cm³/mol. The summed E-state index contributed by atoms with van der Waals surface area (Å²) in [5.41, 5.74) is 2.10. The maximum Gasteiger partial charge on any atom is 0.317 e. The number of amides is 2. The van der Waals surface area contributed by atoms with E-state index in [-0.39, 0.29) is 12.6 Å². The van der Waals surface area contributed by atoms with Crippen LogP contribution in [0.2, 0.25) is 0 Å². The van der Waals surface area contributed by atoms with Crippen LogP contribution in [0.25, 0.3) is 10.9 Å². The zero-order valence-electron chi connectivity index (χ0n) is 12.0. The Balaban J connectivity index is 1.54. The molecule has 0 saturated carbocycles. The molecule has 21 heavy (non-hydrogen) atoms. The van der Waals surface area contributed by atoms with Gasteiger partial charge in [-0.25, -0.2) is 4.79 Å². The number of aromatic amines is 1. The van der Waals surface area contributed by atoms with Crippen molar-refractivity contribution in [2.75, 3.05) is 19.7 Å². The average Bonchev–Trinajstić information content (AvgIpc) is 2.95. The number of aliphatic hydroxyl groups excluding tert-OH is 1. The summed E-state index contributed by atoms with van der Waals surface area (Å²) in [5.74, 6) is 0.350. The Bertz CT molecular complexity index is 582. The number of nitrogens with one attached hydrogen (secondary N) is 2. The second-order valence-electron chi connectivity index (χ2n) is 5.65. The van der Waals surface area contributed by atoms with Crippen molar-refractivity contribution in [2.45, 2.75) is 19.4 Å². The maximum atomic E-state index is 12.1. The van der Waals surface area contributed by atoms with Crippen LogP contribution < -0.4 is 5.32 Å². The van der Waals surface area contributed by atoms with Crippen molar-refractivity contribution in [3.05, 3.63) is 36.0 Å². The Kier molecular flexibility index (Phi) is 4.10. The van der Waals surface area contributed by atoms with E-state index in [0.29, 0.717) is 12.5 Å². The van der Waals surface area contributed by atoms with Crippen LogP contribution in [-0.2, 0) is 6.54 Å². The minimum Gasteiger partial charge on any atom is -0.396 e. The highest BCUT2D eigenvalue weighted by molar-refractivity contribution is 5.80. The first-order chi connectivity index (χ1) is 10.3. The molecule has 2 amide bonds. The number of aromatic nitrogens is 1. The number of rotatable bonds is 3. The molecule has 3 rings (SSSR count). The molecule has 2 heterocycles. The van der Waals surface area contributed by atoms with Crippen LogP contribution in [-0.4, -0.2) is 40.7 Å². The van der Waals surface area contributed by atoms with Gasteiger partial charge < -0.3 is 20.3 Å². The van der Waals surface area contributed by atoms with Crippen molar-refractivity contribution in [2.24, 2.45) is 5.92 Å². The van der Waals surface area contributed by atoms with Crippen molar-refractivity contribution >= 4 is 16.9 Å². The number of fused-ring (bicyclic) bond motifs is 1. The molecule has 5 nitrogen and oxygen atoms in total. The molecule has 2 aromatic rings. The van der Waals surface area contributed by atoms with Crippen LogP contribution in [0.3, 0.4) is 0 Å². The number of hydrogen-bond donors (Lipinski definition) is 3. The van der Waals surface area contributed by atoms with Gasteiger partial charge in [0.2, 0.25) is 0 Å². The summed E-state index contributed by atoms with van der Waals surface area (Å²) in [4.78, 5) is 17.3. The fourth-order valence-corrected chi connectivity index (χ4v) is 2.83. The van der Waals surface area contributed by atoms with Gasteiger partial charge in [-0.1, -0.05) is 18.2 Å². The smallest absolute Gasteiger partial charge is 0.317 e. The quantitative estimate of drug-likeness (QED) is 0.809. The zero-order valence-corrected chi connectivity index (χ0v) is 12.0. The lowest BCUT2D eigenvalue weighted by Gasteiger charge is -2.31. The molecular weight excluding hydrogens is 266 g/mol. The Labute approximate surface area is 124 Å². The topological polar surface area (TPSA) is 68.4 Å². The van der Waals surface area contributed by atoms with Crippen LogP contribution in [0.15, 0.2) is 30.3 Å². The molecule has 3 N–H and O–H groups in total. The van der Waals surface area contributed by atoms with Crippen molar-refractivity contribution in [1.82, 2.24) is 15.2 Å². The number of aliphatic hydroxyl groups is 1. The second kappa shape index (κ2) is 6.18. The molecule has 0 unspecified atom stereocenters. The van der Waals surface area contributed by atoms with E-state index >= 15 is 0 Å². The van der Waals surface area contributed by atoms with Crippen LogP contribution >= 0.6 is 0 Å². The average molecular weight is 287 g/mol. The number of carbonyl (C=O) groups is 1. The summed E-state index contributed by atoms with van der Waals surface area (Å²) in [7, 11) is 0. The van der Waals surface area contributed by atoms with Gasteiger partial charge in [0.1, 0.15) is 0 Å². The minimum absolute atomic E-state index is 0.0231. The molecule has 112 valence electrons. The first kappa shape index (κ1) is 13.9. The van der Waals surface area contributed by atoms with Crippen molar-refractivity contribution in [3.63, 3.8) is 0 Å². The van der Waals surface area contributed by atoms with E-state index < -0.39 is 0 Å². The summed E-state index contributed by atoms with van der Waals surface area (Å²) in [6.07, 6.45) is 1.77. The molecule has 5 heteroatoms. The number of H-pyrrole nitrogens is 1. The molecule has 1 aromatic heterocycles. The van der Waals surface area contributed by atoms with Gasteiger partial charge in [-0.3, -0.25) is 0 Å². The van der Waals surface area contributed by atoms with Crippen molar-refractivity contribution < 1.29 is 9.90 Å². The van der Waals surface area contributed by atoms with Crippen molar-refractivity contribution in [1.29, 1.82) is 0 Å². The lowest BCUT2D eigenvalue weighted by molar-refractivity contribution is 0.137. The molecule has 1 aromatic carbocycles. The predicted octanol–water partition coefficient (Wildman–Crippen LogP) is 2.08. The maximum absolute atomic E-state index is 12.1. The van der Waals surface area contributed by atoms with E-state index in [2.05, 4.69) is 22.4 Å². The lowest BCUT2D eigenvalue weighted by atomic mass is 9.98. The Hall–Kier alpha value is -2.01. The summed E-state index contributed by atoms with van der Waals surface area (Å²) in [5, 5.41) is 13.2. The molecule has 0 aliphatic carbocycles. The molecule has 0 atom stereocenters. The van der Waals surface area contributed by atoms with Gasteiger partial charge in [-0.05, 0) is 36.3 Å². The van der Waals surface area contributed by atoms with Crippen LogP contribution in [0.5, 0.6) is 0 Å². The normalized spacial score (nSPS) is 16.3. The van der Waals surface area contributed by atoms with Gasteiger partial charge in [0.25, 0.3) is 0 Å². The second-order valence-corrected chi connectivity index (χ2v) is 5.65. The van der Waals surface area contributed by atoms with E-state index in [4.69, 9.17) is 5.11 Å². The molecule has 0 radical (unpaired) electrons. The first-order valence-electron chi connectivity index (χ1n) is 7.46. The number of likely N-dealkylation sites (tertiary alicyclic amines) is 1. The molecule has 1 saturated heterocycles. The number of para-hydroxylation sites is 1. The molecule has 1 fully saturated rings. The van der Waals surface area contributed by atoms with E-state index in [1.54, 1.807) is 0 Å². The highest BCUT2D eigenvalue weighted by Gasteiger charge is 2.21. The van der Waals surface area contributed by atoms with Gasteiger partial charge in [0.15, 0.2) is 0 Å². The van der Waals surface area contributed by atoms with Gasteiger partial charge in [-0.15, -0.1) is 0 Å².